The number of rotatable bonds is 2. The first-order valence-corrected chi connectivity index (χ1v) is 7.01. The fraction of sp³-hybridized carbons (Fsp3) is 0.500. The number of esters is 1. The molecule has 0 radical (unpaired) electrons. The third-order valence-electron chi connectivity index (χ3n) is 3.71. The predicted octanol–water partition coefficient (Wildman–Crippen LogP) is 1.47. The smallest absolute Gasteiger partial charge is 0.343 e. The van der Waals surface area contributed by atoms with Gasteiger partial charge in [0.15, 0.2) is 5.65 Å². The number of H-pyrrole nitrogens is 1. The van der Waals surface area contributed by atoms with E-state index in [9.17, 15) is 9.59 Å². The molecule has 0 saturated carbocycles. The van der Waals surface area contributed by atoms with Crippen molar-refractivity contribution >= 4 is 11.6 Å². The van der Waals surface area contributed by atoms with Gasteiger partial charge in [0.2, 0.25) is 0 Å². The van der Waals surface area contributed by atoms with Crippen molar-refractivity contribution < 1.29 is 9.53 Å². The zero-order valence-electron chi connectivity index (χ0n) is 11.4. The summed E-state index contributed by atoms with van der Waals surface area (Å²) in [5.74, 6) is -0.452. The summed E-state index contributed by atoms with van der Waals surface area (Å²) in [6, 6.07) is 0. The third kappa shape index (κ3) is 2.01. The molecule has 6 heteroatoms. The molecule has 2 aromatic rings. The lowest BCUT2D eigenvalue weighted by atomic mass is 10.1. The summed E-state index contributed by atoms with van der Waals surface area (Å²) in [5, 5.41) is 4.26. The lowest BCUT2D eigenvalue weighted by Gasteiger charge is -2.07. The molecule has 0 amide bonds. The zero-order chi connectivity index (χ0) is 14.1. The van der Waals surface area contributed by atoms with Crippen LogP contribution >= 0.6 is 0 Å². The summed E-state index contributed by atoms with van der Waals surface area (Å²) in [5.41, 5.74) is 2.37. The van der Waals surface area contributed by atoms with Crippen molar-refractivity contribution in [3.05, 3.63) is 33.4 Å². The summed E-state index contributed by atoms with van der Waals surface area (Å²) in [6.07, 6.45) is 6.23. The Hall–Kier alpha value is -2.11. The number of nitrogens with zero attached hydrogens (tertiary/aromatic N) is 2. The van der Waals surface area contributed by atoms with E-state index in [1.54, 1.807) is 11.4 Å². The first-order valence-electron chi connectivity index (χ1n) is 7.01. The number of hydrogen-bond acceptors (Lipinski definition) is 4. The molecule has 0 atom stereocenters. The number of carbonyl (C=O) groups excluding carboxylic acids is 1. The molecule has 2 aromatic heterocycles. The molecule has 3 rings (SSSR count). The summed E-state index contributed by atoms with van der Waals surface area (Å²) in [4.78, 5) is 26.9. The maximum atomic E-state index is 12.2. The molecular weight excluding hydrogens is 258 g/mol. The van der Waals surface area contributed by atoms with Gasteiger partial charge in [-0.05, 0) is 32.6 Å². The molecule has 1 N–H and O–H groups in total. The lowest BCUT2D eigenvalue weighted by molar-refractivity contribution is 0.0528. The standard InChI is InChI=1S/C14H17N3O3/c1-2-20-14(19)10-8-15-17-11-7-5-3-4-6-9(11)13(18)16-12(10)17/h8H,2-7H2,1H3,(H,16,18). The maximum Gasteiger partial charge on any atom is 0.343 e. The third-order valence-corrected chi connectivity index (χ3v) is 3.71. The van der Waals surface area contributed by atoms with Crippen LogP contribution in [0, 0.1) is 0 Å². The minimum absolute atomic E-state index is 0.111. The second kappa shape index (κ2) is 5.11. The molecular formula is C14H17N3O3. The van der Waals surface area contributed by atoms with Crippen molar-refractivity contribution in [1.82, 2.24) is 14.6 Å². The molecule has 0 fully saturated rings. The van der Waals surface area contributed by atoms with Crippen LogP contribution in [0.5, 0.6) is 0 Å². The second-order valence-electron chi connectivity index (χ2n) is 4.98. The molecule has 0 bridgehead atoms. The van der Waals surface area contributed by atoms with Gasteiger partial charge in [0.25, 0.3) is 5.56 Å². The van der Waals surface area contributed by atoms with Gasteiger partial charge in [0.1, 0.15) is 5.56 Å². The van der Waals surface area contributed by atoms with Gasteiger partial charge in [-0.1, -0.05) is 6.42 Å². The second-order valence-corrected chi connectivity index (χ2v) is 4.98. The van der Waals surface area contributed by atoms with Crippen molar-refractivity contribution in [1.29, 1.82) is 0 Å². The number of aryl methyl sites for hydroxylation is 1. The van der Waals surface area contributed by atoms with E-state index >= 15 is 0 Å². The highest BCUT2D eigenvalue weighted by atomic mass is 16.5. The van der Waals surface area contributed by atoms with Crippen LogP contribution in [0.3, 0.4) is 0 Å². The molecule has 2 heterocycles. The van der Waals surface area contributed by atoms with E-state index in [1.807, 2.05) is 0 Å². The molecule has 0 spiro atoms. The fourth-order valence-corrected chi connectivity index (χ4v) is 2.76. The molecule has 1 aliphatic rings. The van der Waals surface area contributed by atoms with Crippen LogP contribution in [-0.2, 0) is 17.6 Å². The van der Waals surface area contributed by atoms with Crippen LogP contribution in [0.4, 0.5) is 0 Å². The van der Waals surface area contributed by atoms with Gasteiger partial charge in [0, 0.05) is 5.56 Å². The van der Waals surface area contributed by atoms with Crippen molar-refractivity contribution in [3.8, 4) is 0 Å². The summed E-state index contributed by atoms with van der Waals surface area (Å²) < 4.78 is 6.68. The Morgan fingerprint density at radius 1 is 1.40 bits per heavy atom. The Morgan fingerprint density at radius 3 is 3.00 bits per heavy atom. The summed E-state index contributed by atoms with van der Waals surface area (Å²) in [7, 11) is 0. The largest absolute Gasteiger partial charge is 0.462 e. The summed E-state index contributed by atoms with van der Waals surface area (Å²) >= 11 is 0. The molecule has 20 heavy (non-hydrogen) atoms. The Bertz CT molecular complexity index is 714. The molecule has 0 unspecified atom stereocenters. The number of aromatic amines is 1. The van der Waals surface area contributed by atoms with Gasteiger partial charge in [-0.3, -0.25) is 4.79 Å². The average Bonchev–Trinajstić information content (AvgIpc) is 2.69. The molecule has 6 nitrogen and oxygen atoms in total. The minimum atomic E-state index is -0.452. The number of ether oxygens (including phenoxy) is 1. The lowest BCUT2D eigenvalue weighted by Crippen LogP contribution is -2.20. The van der Waals surface area contributed by atoms with E-state index in [0.29, 0.717) is 17.8 Å². The van der Waals surface area contributed by atoms with Gasteiger partial charge < -0.3 is 9.72 Å². The first-order chi connectivity index (χ1) is 9.72. The number of fused-ring (bicyclic) bond motifs is 3. The number of hydrogen-bond donors (Lipinski definition) is 1. The van der Waals surface area contributed by atoms with Crippen molar-refractivity contribution in [3.63, 3.8) is 0 Å². The Morgan fingerprint density at radius 2 is 2.20 bits per heavy atom. The van der Waals surface area contributed by atoms with Gasteiger partial charge >= 0.3 is 5.97 Å². The van der Waals surface area contributed by atoms with E-state index in [-0.39, 0.29) is 5.56 Å². The fourth-order valence-electron chi connectivity index (χ4n) is 2.76. The average molecular weight is 275 g/mol. The highest BCUT2D eigenvalue weighted by Crippen LogP contribution is 2.19. The van der Waals surface area contributed by atoms with E-state index in [4.69, 9.17) is 4.74 Å². The predicted molar refractivity (Wildman–Crippen MR) is 73.0 cm³/mol. The molecule has 0 saturated heterocycles. The topological polar surface area (TPSA) is 76.5 Å². The highest BCUT2D eigenvalue weighted by Gasteiger charge is 2.21. The number of aromatic nitrogens is 3. The Kier molecular flexibility index (Phi) is 3.30. The van der Waals surface area contributed by atoms with Crippen LogP contribution in [-0.4, -0.2) is 27.2 Å². The molecule has 0 aromatic carbocycles. The van der Waals surface area contributed by atoms with Gasteiger partial charge in [-0.25, -0.2) is 9.31 Å². The SMILES string of the molecule is CCOC(=O)c1cnn2c3c(c(=O)[nH]c12)CCCCC3. The van der Waals surface area contributed by atoms with E-state index in [0.717, 1.165) is 43.4 Å². The molecule has 0 aliphatic heterocycles. The monoisotopic (exact) mass is 275 g/mol. The highest BCUT2D eigenvalue weighted by molar-refractivity contribution is 5.95. The summed E-state index contributed by atoms with van der Waals surface area (Å²) in [6.45, 7) is 2.05. The van der Waals surface area contributed by atoms with Crippen molar-refractivity contribution in [2.45, 2.75) is 39.0 Å². The van der Waals surface area contributed by atoms with Crippen LogP contribution in [0.25, 0.3) is 5.65 Å². The minimum Gasteiger partial charge on any atom is -0.462 e. The maximum absolute atomic E-state index is 12.2. The van der Waals surface area contributed by atoms with Crippen LogP contribution in [0.15, 0.2) is 11.0 Å². The van der Waals surface area contributed by atoms with Crippen LogP contribution in [0.1, 0.15) is 47.8 Å². The zero-order valence-corrected chi connectivity index (χ0v) is 11.4. The molecule has 1 aliphatic carbocycles. The first kappa shape index (κ1) is 12.9. The van der Waals surface area contributed by atoms with E-state index in [2.05, 4.69) is 10.1 Å². The van der Waals surface area contributed by atoms with Crippen molar-refractivity contribution in [2.75, 3.05) is 6.61 Å². The van der Waals surface area contributed by atoms with Crippen LogP contribution < -0.4 is 5.56 Å². The molecule has 106 valence electrons. The van der Waals surface area contributed by atoms with E-state index < -0.39 is 5.97 Å². The number of carbonyl (C=O) groups is 1. The normalized spacial score (nSPS) is 14.8. The van der Waals surface area contributed by atoms with Gasteiger partial charge in [-0.15, -0.1) is 0 Å². The van der Waals surface area contributed by atoms with E-state index in [1.165, 1.54) is 6.20 Å². The quantitative estimate of drug-likeness (QED) is 0.665. The van der Waals surface area contributed by atoms with Crippen LogP contribution in [0.2, 0.25) is 0 Å². The Labute approximate surface area is 115 Å². The Balaban J connectivity index is 2.20. The number of nitrogens with one attached hydrogen (secondary N) is 1. The van der Waals surface area contributed by atoms with Gasteiger partial charge in [0.05, 0.1) is 18.5 Å². The van der Waals surface area contributed by atoms with Crippen molar-refractivity contribution in [2.24, 2.45) is 0 Å². The van der Waals surface area contributed by atoms with Gasteiger partial charge in [-0.2, -0.15) is 5.10 Å².